The molecule has 0 saturated carbocycles. The molecule has 0 rings (SSSR count). The third-order valence-electron chi connectivity index (χ3n) is 14.6. The lowest BCUT2D eigenvalue weighted by Gasteiger charge is -2.23. The van der Waals surface area contributed by atoms with Gasteiger partial charge in [0.05, 0.1) is 18.3 Å². The molecule has 0 aromatic carbocycles. The van der Waals surface area contributed by atoms with E-state index < -0.39 is 78.5 Å². The van der Waals surface area contributed by atoms with E-state index in [2.05, 4.69) is 40.5 Å². The first-order chi connectivity index (χ1) is 39.2. The van der Waals surface area contributed by atoms with Gasteiger partial charge in [0.1, 0.15) is 31.5 Å². The summed E-state index contributed by atoms with van der Waals surface area (Å²) in [6.45, 7) is 16.4. The van der Waals surface area contributed by atoms with Crippen LogP contribution in [0.1, 0.15) is 278 Å². The third kappa shape index (κ3) is 46.8. The Labute approximate surface area is 490 Å². The standard InChI is InChI=1S/C66H114O15/c1-7-13-16-19-26-35-44-56(68)60(81-63(72)12-6)48-39-30-25-33-41-50-65(74)77-53-54(78-66(75)51-42-31-23-21-22-29-38-47-58(79-61(70)10-4)55(67)43-34-18-15-9-3)52-76-64(73)49-40-32-24-27-36-45-57(69)59(80-62(71)11-5)46-37-28-20-17-14-8-2/h10-12,37,46,54-60,67-69H,4-9,13-36,38-45,47-53H2,1-3H3/b46-37+. The molecule has 0 aliphatic heterocycles. The van der Waals surface area contributed by atoms with Crippen LogP contribution >= 0.6 is 0 Å². The molecule has 3 N–H and O–H groups in total. The summed E-state index contributed by atoms with van der Waals surface area (Å²) in [5.41, 5.74) is 0. The number of aliphatic hydroxyl groups is 3. The molecule has 15 heteroatoms. The molecule has 0 aliphatic carbocycles. The average molecular weight is 1150 g/mol. The van der Waals surface area contributed by atoms with Crippen LogP contribution in [-0.4, -0.2) is 107 Å². The minimum absolute atomic E-state index is 0.161. The topological polar surface area (TPSA) is 218 Å². The first-order valence-corrected chi connectivity index (χ1v) is 31.9. The predicted octanol–water partition coefficient (Wildman–Crippen LogP) is 14.6. The Balaban J connectivity index is 5.10. The lowest BCUT2D eigenvalue weighted by Crippen LogP contribution is -2.31. The normalized spacial score (nSPS) is 14.0. The monoisotopic (exact) mass is 1150 g/mol. The van der Waals surface area contributed by atoms with Gasteiger partial charge in [-0.25, -0.2) is 14.4 Å². The lowest BCUT2D eigenvalue weighted by molar-refractivity contribution is -0.167. The van der Waals surface area contributed by atoms with Crippen LogP contribution in [0.4, 0.5) is 0 Å². The van der Waals surface area contributed by atoms with Gasteiger partial charge in [-0.2, -0.15) is 0 Å². The molecule has 0 radical (unpaired) electrons. The molecule has 81 heavy (non-hydrogen) atoms. The number of hydrogen-bond acceptors (Lipinski definition) is 15. The van der Waals surface area contributed by atoms with E-state index in [1.54, 1.807) is 6.08 Å². The Bertz CT molecular complexity index is 1660. The Morgan fingerprint density at radius 1 is 0.370 bits per heavy atom. The van der Waals surface area contributed by atoms with Gasteiger partial charge in [0.15, 0.2) is 6.10 Å². The molecule has 0 fully saturated rings. The molecule has 0 bridgehead atoms. The predicted molar refractivity (Wildman–Crippen MR) is 321 cm³/mol. The fourth-order valence-electron chi connectivity index (χ4n) is 9.53. The molecule has 0 amide bonds. The number of carbonyl (C=O) groups is 6. The van der Waals surface area contributed by atoms with Crippen LogP contribution in [0.2, 0.25) is 0 Å². The first-order valence-electron chi connectivity index (χ1n) is 31.9. The van der Waals surface area contributed by atoms with Crippen molar-refractivity contribution in [2.75, 3.05) is 13.2 Å². The van der Waals surface area contributed by atoms with Gasteiger partial charge in [0.2, 0.25) is 0 Å². The zero-order valence-electron chi connectivity index (χ0n) is 51.0. The summed E-state index contributed by atoms with van der Waals surface area (Å²) in [4.78, 5) is 74.6. The van der Waals surface area contributed by atoms with Gasteiger partial charge in [-0.15, -0.1) is 0 Å². The molecule has 0 aromatic heterocycles. The number of allylic oxidation sites excluding steroid dienone is 1. The van der Waals surface area contributed by atoms with E-state index in [1.807, 2.05) is 6.08 Å². The van der Waals surface area contributed by atoms with Crippen LogP contribution in [0.5, 0.6) is 0 Å². The highest BCUT2D eigenvalue weighted by molar-refractivity contribution is 5.82. The van der Waals surface area contributed by atoms with Crippen LogP contribution in [0.25, 0.3) is 0 Å². The Morgan fingerprint density at radius 3 is 1.10 bits per heavy atom. The molecule has 15 nitrogen and oxygen atoms in total. The Kier molecular flexibility index (Phi) is 51.9. The van der Waals surface area contributed by atoms with Gasteiger partial charge in [-0.05, 0) is 83.1 Å². The maximum absolute atomic E-state index is 13.0. The molecule has 0 heterocycles. The summed E-state index contributed by atoms with van der Waals surface area (Å²) in [5, 5.41) is 32.3. The smallest absolute Gasteiger partial charge is 0.330 e. The van der Waals surface area contributed by atoms with Crippen molar-refractivity contribution in [3.8, 4) is 0 Å². The van der Waals surface area contributed by atoms with Crippen LogP contribution < -0.4 is 0 Å². The fraction of sp³-hybridized carbons (Fsp3) is 0.788. The van der Waals surface area contributed by atoms with E-state index in [0.717, 1.165) is 179 Å². The number of unbranched alkanes of at least 4 members (excludes halogenated alkanes) is 26. The fourth-order valence-corrected chi connectivity index (χ4v) is 9.53. The number of esters is 6. The van der Waals surface area contributed by atoms with Gasteiger partial charge in [-0.3, -0.25) is 14.4 Å². The van der Waals surface area contributed by atoms with E-state index in [9.17, 15) is 44.1 Å². The quantitative estimate of drug-likeness (QED) is 0.0170. The van der Waals surface area contributed by atoms with Crippen molar-refractivity contribution in [2.45, 2.75) is 320 Å². The van der Waals surface area contributed by atoms with Crippen LogP contribution in [0.15, 0.2) is 50.1 Å². The van der Waals surface area contributed by atoms with Gasteiger partial charge in [0, 0.05) is 37.5 Å². The molecule has 0 saturated heterocycles. The van der Waals surface area contributed by atoms with Gasteiger partial charge < -0.3 is 43.7 Å². The third-order valence-corrected chi connectivity index (χ3v) is 14.6. The van der Waals surface area contributed by atoms with Crippen LogP contribution in [0.3, 0.4) is 0 Å². The summed E-state index contributed by atoms with van der Waals surface area (Å²) in [7, 11) is 0. The van der Waals surface area contributed by atoms with Gasteiger partial charge >= 0.3 is 35.8 Å². The number of carbonyl (C=O) groups excluding carboxylic acids is 6. The Hall–Kier alpha value is -4.34. The summed E-state index contributed by atoms with van der Waals surface area (Å²) >= 11 is 0. The van der Waals surface area contributed by atoms with E-state index in [0.29, 0.717) is 51.4 Å². The zero-order valence-corrected chi connectivity index (χ0v) is 51.0. The largest absolute Gasteiger partial charge is 0.462 e. The van der Waals surface area contributed by atoms with Crippen molar-refractivity contribution in [3.05, 3.63) is 50.1 Å². The van der Waals surface area contributed by atoms with Gasteiger partial charge in [-0.1, -0.05) is 207 Å². The summed E-state index contributed by atoms with van der Waals surface area (Å²) < 4.78 is 33.2. The Morgan fingerprint density at radius 2 is 0.691 bits per heavy atom. The molecule has 0 aliphatic rings. The van der Waals surface area contributed by atoms with Crippen molar-refractivity contribution in [1.29, 1.82) is 0 Å². The minimum atomic E-state index is -0.966. The van der Waals surface area contributed by atoms with Crippen molar-refractivity contribution in [1.82, 2.24) is 0 Å². The maximum atomic E-state index is 13.0. The second kappa shape index (κ2) is 54.9. The number of rotatable bonds is 58. The van der Waals surface area contributed by atoms with Crippen LogP contribution in [-0.2, 0) is 57.2 Å². The molecule has 0 spiro atoms. The average Bonchev–Trinajstić information content (AvgIpc) is 3.46. The molecular weight excluding hydrogens is 1030 g/mol. The number of hydrogen-bond donors (Lipinski definition) is 3. The van der Waals surface area contributed by atoms with Crippen LogP contribution in [0, 0.1) is 0 Å². The molecule has 0 aromatic rings. The SMILES string of the molecule is C=CC(=O)OC(/C=C/CCCCCC)C(O)CCCCCCCC(=O)OCC(COC(=O)CCCCCCCC(OC(=O)C=C)C(O)CCCCCCCC)OC(=O)CCCCCCCCCC(OC(=O)C=C)C(O)CCCCCC. The number of aliphatic hydroxyl groups excluding tert-OH is 3. The van der Waals surface area contributed by atoms with Crippen molar-refractivity contribution < 1.29 is 72.5 Å². The highest BCUT2D eigenvalue weighted by atomic mass is 16.6. The summed E-state index contributed by atoms with van der Waals surface area (Å²) in [6.07, 6.45) is 34.8. The lowest BCUT2D eigenvalue weighted by atomic mass is 9.99. The second-order valence-electron chi connectivity index (χ2n) is 22.0. The molecule has 7 atom stereocenters. The molecular formula is C66H114O15. The van der Waals surface area contributed by atoms with E-state index in [-0.39, 0.29) is 32.5 Å². The molecule has 7 unspecified atom stereocenters. The van der Waals surface area contributed by atoms with Crippen molar-refractivity contribution >= 4 is 35.8 Å². The van der Waals surface area contributed by atoms with E-state index in [1.165, 1.54) is 25.7 Å². The number of ether oxygens (including phenoxy) is 6. The second-order valence-corrected chi connectivity index (χ2v) is 22.0. The molecule has 468 valence electrons. The van der Waals surface area contributed by atoms with Crippen molar-refractivity contribution in [2.24, 2.45) is 0 Å². The van der Waals surface area contributed by atoms with E-state index >= 15 is 0 Å². The van der Waals surface area contributed by atoms with Gasteiger partial charge in [0.25, 0.3) is 0 Å². The summed E-state index contributed by atoms with van der Waals surface area (Å²) in [6, 6.07) is 0. The maximum Gasteiger partial charge on any atom is 0.330 e. The van der Waals surface area contributed by atoms with E-state index in [4.69, 9.17) is 28.4 Å². The van der Waals surface area contributed by atoms with Crippen molar-refractivity contribution in [3.63, 3.8) is 0 Å². The zero-order chi connectivity index (χ0) is 60.0. The minimum Gasteiger partial charge on any atom is -0.462 e. The first kappa shape index (κ1) is 76.7. The highest BCUT2D eigenvalue weighted by Crippen LogP contribution is 2.21. The summed E-state index contributed by atoms with van der Waals surface area (Å²) in [5.74, 6) is -3.00. The highest BCUT2D eigenvalue weighted by Gasteiger charge is 2.25.